The third-order valence-electron chi connectivity index (χ3n) is 2.21. The van der Waals surface area contributed by atoms with E-state index in [1.54, 1.807) is 0 Å². The molecule has 5 nitrogen and oxygen atoms in total. The van der Waals surface area contributed by atoms with E-state index in [0.717, 1.165) is 17.2 Å². The van der Waals surface area contributed by atoms with Crippen molar-refractivity contribution in [3.8, 4) is 0 Å². The summed E-state index contributed by atoms with van der Waals surface area (Å²) >= 11 is 1.11. The molecule has 0 saturated carbocycles. The van der Waals surface area contributed by atoms with Crippen LogP contribution in [0.3, 0.4) is 0 Å². The van der Waals surface area contributed by atoms with Crippen LogP contribution in [0.15, 0.2) is 0 Å². The molecule has 1 aromatic rings. The Balaban J connectivity index is 2.69. The van der Waals surface area contributed by atoms with Gasteiger partial charge in [-0.15, -0.1) is 5.10 Å². The molecular formula is C10H17N3O2S. The van der Waals surface area contributed by atoms with Crippen LogP contribution in [0.2, 0.25) is 0 Å². The van der Waals surface area contributed by atoms with Gasteiger partial charge in [-0.3, -0.25) is 4.79 Å². The minimum atomic E-state index is -0.153. The van der Waals surface area contributed by atoms with Gasteiger partial charge in [0, 0.05) is 12.6 Å². The summed E-state index contributed by atoms with van der Waals surface area (Å²) in [5.74, 6) is 0.0345. The van der Waals surface area contributed by atoms with Crippen molar-refractivity contribution < 1.29 is 9.90 Å². The molecule has 1 amide bonds. The van der Waals surface area contributed by atoms with Crippen molar-refractivity contribution in [3.05, 3.63) is 10.6 Å². The van der Waals surface area contributed by atoms with Crippen molar-refractivity contribution in [3.63, 3.8) is 0 Å². The molecule has 90 valence electrons. The van der Waals surface area contributed by atoms with Crippen LogP contribution in [0.25, 0.3) is 0 Å². The number of nitrogens with one attached hydrogen (secondary N) is 1. The van der Waals surface area contributed by atoms with E-state index in [2.05, 4.69) is 14.9 Å². The van der Waals surface area contributed by atoms with Gasteiger partial charge in [0.15, 0.2) is 0 Å². The van der Waals surface area contributed by atoms with Gasteiger partial charge in [0.2, 0.25) is 0 Å². The number of aliphatic hydroxyl groups is 1. The normalized spacial score (nSPS) is 12.8. The highest BCUT2D eigenvalue weighted by molar-refractivity contribution is 7.08. The van der Waals surface area contributed by atoms with Gasteiger partial charge in [-0.2, -0.15) is 0 Å². The molecule has 0 saturated heterocycles. The summed E-state index contributed by atoms with van der Waals surface area (Å²) in [5.41, 5.74) is 0.735. The van der Waals surface area contributed by atoms with E-state index in [1.165, 1.54) is 0 Å². The van der Waals surface area contributed by atoms with Crippen molar-refractivity contribution in [2.24, 2.45) is 0 Å². The summed E-state index contributed by atoms with van der Waals surface area (Å²) in [5, 5.41) is 15.5. The number of carbonyl (C=O) groups is 1. The Morgan fingerprint density at radius 3 is 2.75 bits per heavy atom. The molecule has 2 N–H and O–H groups in total. The Bertz CT molecular complexity index is 352. The summed E-state index contributed by atoms with van der Waals surface area (Å²) in [7, 11) is 0. The van der Waals surface area contributed by atoms with Crippen LogP contribution in [-0.4, -0.2) is 33.2 Å². The highest BCUT2D eigenvalue weighted by atomic mass is 32.1. The number of hydrogen-bond acceptors (Lipinski definition) is 5. The van der Waals surface area contributed by atoms with Crippen LogP contribution in [-0.2, 0) is 0 Å². The van der Waals surface area contributed by atoms with Crippen LogP contribution in [0, 0.1) is 0 Å². The number of aromatic nitrogens is 2. The molecule has 1 unspecified atom stereocenters. The van der Waals surface area contributed by atoms with E-state index in [4.69, 9.17) is 5.11 Å². The van der Waals surface area contributed by atoms with Gasteiger partial charge >= 0.3 is 0 Å². The zero-order valence-corrected chi connectivity index (χ0v) is 10.5. The van der Waals surface area contributed by atoms with E-state index >= 15 is 0 Å². The average Bonchev–Trinajstić information content (AvgIpc) is 2.65. The smallest absolute Gasteiger partial charge is 0.265 e. The van der Waals surface area contributed by atoms with Crippen molar-refractivity contribution >= 4 is 17.4 Å². The van der Waals surface area contributed by atoms with Gasteiger partial charge < -0.3 is 10.4 Å². The van der Waals surface area contributed by atoms with Crippen LogP contribution in [0.1, 0.15) is 48.5 Å². The summed E-state index contributed by atoms with van der Waals surface area (Å²) in [6, 6.07) is -0.0420. The first kappa shape index (κ1) is 13.1. The third-order valence-corrected chi connectivity index (χ3v) is 2.95. The second-order valence-corrected chi connectivity index (χ2v) is 4.78. The van der Waals surface area contributed by atoms with Crippen molar-refractivity contribution in [2.75, 3.05) is 6.61 Å². The van der Waals surface area contributed by atoms with Gasteiger partial charge in [-0.05, 0) is 30.8 Å². The maximum atomic E-state index is 11.9. The largest absolute Gasteiger partial charge is 0.396 e. The molecule has 16 heavy (non-hydrogen) atoms. The highest BCUT2D eigenvalue weighted by Gasteiger charge is 2.19. The van der Waals surface area contributed by atoms with Gasteiger partial charge in [-0.1, -0.05) is 18.3 Å². The molecule has 0 spiro atoms. The molecule has 0 bridgehead atoms. The van der Waals surface area contributed by atoms with Gasteiger partial charge in [0.25, 0.3) is 5.91 Å². The van der Waals surface area contributed by atoms with Crippen LogP contribution < -0.4 is 5.32 Å². The fraction of sp³-hybridized carbons (Fsp3) is 0.700. The predicted octanol–water partition coefficient (Wildman–Crippen LogP) is 1.16. The second-order valence-electron chi connectivity index (χ2n) is 4.03. The summed E-state index contributed by atoms with van der Waals surface area (Å²) in [6.07, 6.45) is 0.551. The zero-order valence-electron chi connectivity index (χ0n) is 9.73. The minimum absolute atomic E-state index is 0.0420. The standard InChI is InChI=1S/C10H17N3O2S/c1-6(2)8-9(16-13-12-8)10(15)11-7(3)4-5-14/h6-7,14H,4-5H2,1-3H3,(H,11,15). The van der Waals surface area contributed by atoms with Crippen LogP contribution in [0.5, 0.6) is 0 Å². The molecule has 0 radical (unpaired) electrons. The van der Waals surface area contributed by atoms with Gasteiger partial charge in [0.1, 0.15) is 4.88 Å². The zero-order chi connectivity index (χ0) is 12.1. The average molecular weight is 243 g/mol. The first-order valence-corrected chi connectivity index (χ1v) is 6.07. The fourth-order valence-corrected chi connectivity index (χ4v) is 2.01. The third kappa shape index (κ3) is 3.24. The molecule has 0 aromatic carbocycles. The lowest BCUT2D eigenvalue weighted by molar-refractivity contribution is 0.0937. The number of hydrogen-bond donors (Lipinski definition) is 2. The molecule has 0 aliphatic rings. The van der Waals surface area contributed by atoms with E-state index in [-0.39, 0.29) is 24.5 Å². The summed E-state index contributed by atoms with van der Waals surface area (Å²) < 4.78 is 3.80. The SMILES string of the molecule is CC(CCO)NC(=O)c1snnc1C(C)C. The number of amides is 1. The predicted molar refractivity (Wildman–Crippen MR) is 62.6 cm³/mol. The molecule has 1 aromatic heterocycles. The maximum absolute atomic E-state index is 11.9. The molecular weight excluding hydrogens is 226 g/mol. The van der Waals surface area contributed by atoms with E-state index < -0.39 is 0 Å². The lowest BCUT2D eigenvalue weighted by atomic mass is 10.1. The topological polar surface area (TPSA) is 75.1 Å². The van der Waals surface area contributed by atoms with Crippen molar-refractivity contribution in [1.29, 1.82) is 0 Å². The molecule has 0 fully saturated rings. The van der Waals surface area contributed by atoms with E-state index in [9.17, 15) is 4.79 Å². The molecule has 1 atom stereocenters. The number of rotatable bonds is 5. The number of aliphatic hydroxyl groups excluding tert-OH is 1. The van der Waals surface area contributed by atoms with Crippen LogP contribution >= 0.6 is 11.5 Å². The maximum Gasteiger partial charge on any atom is 0.265 e. The van der Waals surface area contributed by atoms with Gasteiger partial charge in [0.05, 0.1) is 5.69 Å². The minimum Gasteiger partial charge on any atom is -0.396 e. The monoisotopic (exact) mass is 243 g/mol. The van der Waals surface area contributed by atoms with E-state index in [1.807, 2.05) is 20.8 Å². The molecule has 1 rings (SSSR count). The highest BCUT2D eigenvalue weighted by Crippen LogP contribution is 2.19. The molecule has 6 heteroatoms. The summed E-state index contributed by atoms with van der Waals surface area (Å²) in [6.45, 7) is 5.88. The second kappa shape index (κ2) is 5.91. The van der Waals surface area contributed by atoms with E-state index in [0.29, 0.717) is 11.3 Å². The molecule has 0 aliphatic heterocycles. The first-order chi connectivity index (χ1) is 7.56. The Labute approximate surface area is 99.0 Å². The Morgan fingerprint density at radius 2 is 2.19 bits per heavy atom. The molecule has 1 heterocycles. The molecule has 0 aliphatic carbocycles. The number of carbonyl (C=O) groups excluding carboxylic acids is 1. The quantitative estimate of drug-likeness (QED) is 0.813. The first-order valence-electron chi connectivity index (χ1n) is 5.30. The van der Waals surface area contributed by atoms with Crippen molar-refractivity contribution in [2.45, 2.75) is 39.2 Å². The van der Waals surface area contributed by atoms with Crippen LogP contribution in [0.4, 0.5) is 0 Å². The fourth-order valence-electron chi connectivity index (χ4n) is 1.29. The van der Waals surface area contributed by atoms with Crippen molar-refractivity contribution in [1.82, 2.24) is 14.9 Å². The Hall–Kier alpha value is -1.01. The lowest BCUT2D eigenvalue weighted by Gasteiger charge is -2.12. The Morgan fingerprint density at radius 1 is 1.50 bits per heavy atom. The summed E-state index contributed by atoms with van der Waals surface area (Å²) in [4.78, 5) is 12.4. The Kier molecular flexibility index (Phi) is 4.82. The van der Waals surface area contributed by atoms with Gasteiger partial charge in [-0.25, -0.2) is 0 Å². The number of nitrogens with zero attached hydrogens (tertiary/aromatic N) is 2. The lowest BCUT2D eigenvalue weighted by Crippen LogP contribution is -2.33.